The van der Waals surface area contributed by atoms with Gasteiger partial charge in [0.2, 0.25) is 0 Å². The highest BCUT2D eigenvalue weighted by atomic mass is 32.1. The molecule has 2 fully saturated rings. The molecule has 2 amide bonds. The molecule has 1 aliphatic heterocycles. The third kappa shape index (κ3) is 4.20. The summed E-state index contributed by atoms with van der Waals surface area (Å²) in [5.41, 5.74) is 1.29. The van der Waals surface area contributed by atoms with Gasteiger partial charge in [-0.05, 0) is 59.9 Å². The van der Waals surface area contributed by atoms with Gasteiger partial charge >= 0.3 is 6.03 Å². The fraction of sp³-hybridized carbons (Fsp3) is 0.688. The smallest absolute Gasteiger partial charge is 0.315 e. The van der Waals surface area contributed by atoms with Gasteiger partial charge in [-0.15, -0.1) is 0 Å². The quantitative estimate of drug-likeness (QED) is 0.878. The maximum Gasteiger partial charge on any atom is 0.315 e. The topological polar surface area (TPSA) is 50.4 Å². The summed E-state index contributed by atoms with van der Waals surface area (Å²) in [6.07, 6.45) is 4.85. The molecule has 3 atom stereocenters. The van der Waals surface area contributed by atoms with Crippen LogP contribution in [0.15, 0.2) is 16.8 Å². The first-order valence-electron chi connectivity index (χ1n) is 7.90. The van der Waals surface area contributed by atoms with Crippen molar-refractivity contribution in [3.63, 3.8) is 0 Å². The summed E-state index contributed by atoms with van der Waals surface area (Å²) < 4.78 is 5.79. The zero-order chi connectivity index (χ0) is 14.7. The highest BCUT2D eigenvalue weighted by molar-refractivity contribution is 7.07. The van der Waals surface area contributed by atoms with Gasteiger partial charge in [-0.25, -0.2) is 4.79 Å². The van der Waals surface area contributed by atoms with Crippen LogP contribution in [-0.4, -0.2) is 31.3 Å². The number of carbonyl (C=O) groups excluding carboxylic acids is 1. The molecule has 1 aromatic rings. The normalized spacial score (nSPS) is 27.1. The van der Waals surface area contributed by atoms with Crippen LogP contribution in [0.25, 0.3) is 0 Å². The van der Waals surface area contributed by atoms with Gasteiger partial charge in [0.25, 0.3) is 0 Å². The SMILES string of the molecule is C[C@H](CNC(=O)N[C@@H]1CCO[C@@H](C2CC2)C1)c1ccsc1. The van der Waals surface area contributed by atoms with Crippen LogP contribution < -0.4 is 10.6 Å². The molecule has 116 valence electrons. The van der Waals surface area contributed by atoms with Crippen molar-refractivity contribution in [2.24, 2.45) is 5.92 Å². The Morgan fingerprint density at radius 1 is 1.48 bits per heavy atom. The first-order chi connectivity index (χ1) is 10.2. The molecule has 4 nitrogen and oxygen atoms in total. The maximum absolute atomic E-state index is 12.0. The van der Waals surface area contributed by atoms with E-state index in [4.69, 9.17) is 4.74 Å². The summed E-state index contributed by atoms with van der Waals surface area (Å²) in [6, 6.07) is 2.34. The lowest BCUT2D eigenvalue weighted by Crippen LogP contribution is -2.47. The highest BCUT2D eigenvalue weighted by Gasteiger charge is 2.36. The van der Waals surface area contributed by atoms with Crippen molar-refractivity contribution in [1.29, 1.82) is 0 Å². The van der Waals surface area contributed by atoms with E-state index in [-0.39, 0.29) is 12.1 Å². The Bertz CT molecular complexity index is 459. The molecular formula is C16H24N2O2S. The average molecular weight is 308 g/mol. The van der Waals surface area contributed by atoms with E-state index in [2.05, 4.69) is 34.4 Å². The minimum atomic E-state index is -0.0430. The summed E-state index contributed by atoms with van der Waals surface area (Å²) >= 11 is 1.70. The molecule has 0 radical (unpaired) electrons. The van der Waals surface area contributed by atoms with Crippen molar-refractivity contribution in [3.05, 3.63) is 22.4 Å². The standard InChI is InChI=1S/C16H24N2O2S/c1-11(13-5-7-21-10-13)9-17-16(19)18-14-4-6-20-15(8-14)12-2-3-12/h5,7,10-12,14-15H,2-4,6,8-9H2,1H3,(H2,17,18,19)/t11-,14-,15-/m1/s1. The molecule has 21 heavy (non-hydrogen) atoms. The molecule has 0 unspecified atom stereocenters. The molecule has 1 saturated carbocycles. The fourth-order valence-electron chi connectivity index (χ4n) is 2.91. The predicted octanol–water partition coefficient (Wildman–Crippen LogP) is 3.11. The van der Waals surface area contributed by atoms with E-state index in [1.165, 1.54) is 18.4 Å². The molecule has 0 bridgehead atoms. The minimum absolute atomic E-state index is 0.0430. The number of rotatable bonds is 5. The molecule has 0 aromatic carbocycles. The van der Waals surface area contributed by atoms with Crippen molar-refractivity contribution in [2.45, 2.75) is 50.7 Å². The second-order valence-corrected chi connectivity index (χ2v) is 7.06. The van der Waals surface area contributed by atoms with Crippen LogP contribution in [0.1, 0.15) is 44.1 Å². The van der Waals surface area contributed by atoms with Crippen molar-refractivity contribution < 1.29 is 9.53 Å². The molecule has 1 aliphatic carbocycles. The summed E-state index contributed by atoms with van der Waals surface area (Å²) in [5.74, 6) is 1.10. The van der Waals surface area contributed by atoms with E-state index in [1.807, 2.05) is 0 Å². The molecule has 0 spiro atoms. The number of nitrogens with one attached hydrogen (secondary N) is 2. The van der Waals surface area contributed by atoms with Gasteiger partial charge in [0.05, 0.1) is 6.10 Å². The number of ether oxygens (including phenoxy) is 1. The number of hydrogen-bond acceptors (Lipinski definition) is 3. The number of thiophene rings is 1. The summed E-state index contributed by atoms with van der Waals surface area (Å²) in [6.45, 7) is 3.59. The second-order valence-electron chi connectivity index (χ2n) is 6.28. The predicted molar refractivity (Wildman–Crippen MR) is 84.8 cm³/mol. The van der Waals surface area contributed by atoms with E-state index >= 15 is 0 Å². The van der Waals surface area contributed by atoms with E-state index < -0.39 is 0 Å². The van der Waals surface area contributed by atoms with Gasteiger partial charge in [-0.3, -0.25) is 0 Å². The third-order valence-corrected chi connectivity index (χ3v) is 5.18. The zero-order valence-corrected chi connectivity index (χ0v) is 13.3. The average Bonchev–Trinajstić information content (AvgIpc) is 3.20. The second kappa shape index (κ2) is 6.79. The van der Waals surface area contributed by atoms with Crippen LogP contribution in [0.4, 0.5) is 4.79 Å². The highest BCUT2D eigenvalue weighted by Crippen LogP contribution is 2.38. The van der Waals surface area contributed by atoms with Crippen molar-refractivity contribution in [3.8, 4) is 0 Å². The molecule has 1 saturated heterocycles. The zero-order valence-electron chi connectivity index (χ0n) is 12.5. The molecular weight excluding hydrogens is 284 g/mol. The van der Waals surface area contributed by atoms with Gasteiger partial charge in [-0.2, -0.15) is 11.3 Å². The third-order valence-electron chi connectivity index (χ3n) is 4.48. The van der Waals surface area contributed by atoms with Crippen molar-refractivity contribution in [2.75, 3.05) is 13.2 Å². The van der Waals surface area contributed by atoms with E-state index in [0.717, 1.165) is 25.4 Å². The Morgan fingerprint density at radius 2 is 2.33 bits per heavy atom. The Hall–Kier alpha value is -1.07. The first kappa shape index (κ1) is 14.9. The van der Waals surface area contributed by atoms with E-state index in [1.54, 1.807) is 11.3 Å². The molecule has 1 aromatic heterocycles. The van der Waals surface area contributed by atoms with Crippen LogP contribution in [-0.2, 0) is 4.74 Å². The maximum atomic E-state index is 12.0. The lowest BCUT2D eigenvalue weighted by Gasteiger charge is -2.30. The summed E-state index contributed by atoms with van der Waals surface area (Å²) in [7, 11) is 0. The van der Waals surface area contributed by atoms with Gasteiger partial charge in [0.15, 0.2) is 0 Å². The lowest BCUT2D eigenvalue weighted by molar-refractivity contribution is -0.00914. The van der Waals surface area contributed by atoms with Crippen LogP contribution >= 0.6 is 11.3 Å². The number of hydrogen-bond donors (Lipinski definition) is 2. The Kier molecular flexibility index (Phi) is 4.80. The minimum Gasteiger partial charge on any atom is -0.378 e. The fourth-order valence-corrected chi connectivity index (χ4v) is 3.69. The van der Waals surface area contributed by atoms with Gasteiger partial charge in [-0.1, -0.05) is 6.92 Å². The van der Waals surface area contributed by atoms with Crippen LogP contribution in [0.3, 0.4) is 0 Å². The Labute approximate surface area is 130 Å². The van der Waals surface area contributed by atoms with Gasteiger partial charge in [0.1, 0.15) is 0 Å². The van der Waals surface area contributed by atoms with Gasteiger partial charge < -0.3 is 15.4 Å². The summed E-state index contributed by atoms with van der Waals surface area (Å²) in [5, 5.41) is 10.3. The van der Waals surface area contributed by atoms with Gasteiger partial charge in [0, 0.05) is 19.2 Å². The number of urea groups is 1. The Balaban J connectivity index is 1.39. The summed E-state index contributed by atoms with van der Waals surface area (Å²) in [4.78, 5) is 12.0. The number of carbonyl (C=O) groups is 1. The lowest BCUT2D eigenvalue weighted by atomic mass is 10.0. The molecule has 3 rings (SSSR count). The number of amides is 2. The van der Waals surface area contributed by atoms with E-state index in [9.17, 15) is 4.79 Å². The molecule has 2 aliphatic rings. The monoisotopic (exact) mass is 308 g/mol. The molecule has 2 N–H and O–H groups in total. The van der Waals surface area contributed by atoms with E-state index in [0.29, 0.717) is 18.6 Å². The first-order valence-corrected chi connectivity index (χ1v) is 8.84. The molecule has 5 heteroatoms. The van der Waals surface area contributed by atoms with Crippen LogP contribution in [0, 0.1) is 5.92 Å². The van der Waals surface area contributed by atoms with Crippen molar-refractivity contribution in [1.82, 2.24) is 10.6 Å². The van der Waals surface area contributed by atoms with Crippen molar-refractivity contribution >= 4 is 17.4 Å². The Morgan fingerprint density at radius 3 is 3.05 bits per heavy atom. The largest absolute Gasteiger partial charge is 0.378 e. The van der Waals surface area contributed by atoms with Crippen LogP contribution in [0.5, 0.6) is 0 Å². The molecule has 2 heterocycles. The van der Waals surface area contributed by atoms with Crippen LogP contribution in [0.2, 0.25) is 0 Å².